The Bertz CT molecular complexity index is 750. The standard InChI is InChI=1S/C17H16I2N2O2/c1-10-3-4-11(2)13(5-10)8-16(22)21-20-9-12-6-14(18)17(23)15(19)7-12/h3-7,9,23H,8H2,1-2H3,(H,21,22)/b20-9+. The number of hydrazone groups is 1. The molecule has 0 bridgehead atoms. The number of halogens is 2. The SMILES string of the molecule is Cc1ccc(C)c(CC(=O)N/N=C/c2cc(I)c(O)c(I)c2)c1. The van der Waals surface area contributed by atoms with Crippen LogP contribution in [0, 0.1) is 21.0 Å². The fourth-order valence-corrected chi connectivity index (χ4v) is 3.86. The first kappa shape index (κ1) is 18.2. The van der Waals surface area contributed by atoms with Crippen molar-refractivity contribution in [2.75, 3.05) is 0 Å². The zero-order valence-electron chi connectivity index (χ0n) is 12.7. The molecule has 0 spiro atoms. The number of hydrogen-bond acceptors (Lipinski definition) is 3. The van der Waals surface area contributed by atoms with Gasteiger partial charge in [-0.25, -0.2) is 5.43 Å². The molecule has 0 fully saturated rings. The summed E-state index contributed by atoms with van der Waals surface area (Å²) in [6.07, 6.45) is 1.88. The molecule has 4 nitrogen and oxygen atoms in total. The zero-order valence-corrected chi connectivity index (χ0v) is 17.0. The molecule has 0 radical (unpaired) electrons. The molecule has 0 unspecified atom stereocenters. The van der Waals surface area contributed by atoms with Crippen LogP contribution in [-0.2, 0) is 11.2 Å². The Hall–Kier alpha value is -1.16. The molecule has 0 heterocycles. The minimum atomic E-state index is -0.155. The number of hydrogen-bond donors (Lipinski definition) is 2. The minimum Gasteiger partial charge on any atom is -0.506 e. The van der Waals surface area contributed by atoms with E-state index in [4.69, 9.17) is 0 Å². The number of aromatic hydroxyl groups is 1. The summed E-state index contributed by atoms with van der Waals surface area (Å²) in [6.45, 7) is 4.00. The summed E-state index contributed by atoms with van der Waals surface area (Å²) in [6, 6.07) is 9.67. The maximum absolute atomic E-state index is 12.0. The number of phenolic OH excluding ortho intramolecular Hbond substituents is 1. The number of aryl methyl sites for hydroxylation is 2. The Morgan fingerprint density at radius 2 is 1.87 bits per heavy atom. The number of carbonyl (C=O) groups is 1. The molecular weight excluding hydrogens is 518 g/mol. The first-order valence-electron chi connectivity index (χ1n) is 6.93. The second-order valence-electron chi connectivity index (χ2n) is 5.23. The van der Waals surface area contributed by atoms with Crippen LogP contribution in [-0.4, -0.2) is 17.2 Å². The van der Waals surface area contributed by atoms with Gasteiger partial charge in [-0.15, -0.1) is 0 Å². The van der Waals surface area contributed by atoms with Crippen LogP contribution in [0.3, 0.4) is 0 Å². The predicted molar refractivity (Wildman–Crippen MR) is 109 cm³/mol. The van der Waals surface area contributed by atoms with Crippen molar-refractivity contribution in [2.24, 2.45) is 5.10 Å². The molecule has 0 aliphatic carbocycles. The van der Waals surface area contributed by atoms with Crippen LogP contribution in [0.2, 0.25) is 0 Å². The van der Waals surface area contributed by atoms with Gasteiger partial charge in [-0.2, -0.15) is 5.10 Å². The van der Waals surface area contributed by atoms with E-state index in [0.717, 1.165) is 29.4 Å². The average molecular weight is 534 g/mol. The second kappa shape index (κ2) is 8.09. The van der Waals surface area contributed by atoms with Gasteiger partial charge in [0.1, 0.15) is 5.75 Å². The number of phenols is 1. The molecule has 0 saturated carbocycles. The van der Waals surface area contributed by atoms with E-state index in [1.807, 2.05) is 32.0 Å². The van der Waals surface area contributed by atoms with Crippen molar-refractivity contribution in [3.63, 3.8) is 0 Å². The van der Waals surface area contributed by atoms with Crippen molar-refractivity contribution < 1.29 is 9.90 Å². The van der Waals surface area contributed by atoms with Gasteiger partial charge < -0.3 is 5.11 Å². The highest BCUT2D eigenvalue weighted by Crippen LogP contribution is 2.26. The van der Waals surface area contributed by atoms with E-state index in [1.165, 1.54) is 0 Å². The van der Waals surface area contributed by atoms with E-state index in [9.17, 15) is 9.90 Å². The van der Waals surface area contributed by atoms with Crippen LogP contribution in [0.1, 0.15) is 22.3 Å². The third-order valence-corrected chi connectivity index (χ3v) is 4.94. The molecule has 0 aromatic heterocycles. The number of benzene rings is 2. The normalized spacial score (nSPS) is 11.0. The van der Waals surface area contributed by atoms with Gasteiger partial charge in [0.05, 0.1) is 19.8 Å². The fraction of sp³-hybridized carbons (Fsp3) is 0.176. The van der Waals surface area contributed by atoms with E-state index in [-0.39, 0.29) is 11.7 Å². The lowest BCUT2D eigenvalue weighted by Gasteiger charge is -2.06. The summed E-state index contributed by atoms with van der Waals surface area (Å²) in [7, 11) is 0. The van der Waals surface area contributed by atoms with Crippen molar-refractivity contribution in [3.05, 3.63) is 59.7 Å². The van der Waals surface area contributed by atoms with Crippen LogP contribution in [0.4, 0.5) is 0 Å². The Morgan fingerprint density at radius 1 is 1.22 bits per heavy atom. The molecule has 2 aromatic rings. The predicted octanol–water partition coefficient (Wildman–Crippen LogP) is 3.91. The van der Waals surface area contributed by atoms with Gasteiger partial charge >= 0.3 is 0 Å². The molecule has 1 amide bonds. The molecule has 6 heteroatoms. The van der Waals surface area contributed by atoms with Crippen molar-refractivity contribution in [1.29, 1.82) is 0 Å². The summed E-state index contributed by atoms with van der Waals surface area (Å²) < 4.78 is 1.50. The number of rotatable bonds is 4. The molecular formula is C17H16I2N2O2. The maximum atomic E-state index is 12.0. The molecule has 2 aromatic carbocycles. The summed E-state index contributed by atoms with van der Waals surface area (Å²) in [5, 5.41) is 13.7. The van der Waals surface area contributed by atoms with E-state index in [2.05, 4.69) is 55.7 Å². The number of carbonyl (C=O) groups excluding carboxylic acids is 1. The number of nitrogens with zero attached hydrogens (tertiary/aromatic N) is 1. The largest absolute Gasteiger partial charge is 0.506 e. The summed E-state index contributed by atoms with van der Waals surface area (Å²) >= 11 is 4.12. The quantitative estimate of drug-likeness (QED) is 0.355. The lowest BCUT2D eigenvalue weighted by atomic mass is 10.0. The molecule has 120 valence electrons. The highest BCUT2D eigenvalue weighted by Gasteiger charge is 2.06. The van der Waals surface area contributed by atoms with Crippen LogP contribution >= 0.6 is 45.2 Å². The van der Waals surface area contributed by atoms with Gasteiger partial charge in [0.15, 0.2) is 0 Å². The Kier molecular flexibility index (Phi) is 6.40. The monoisotopic (exact) mass is 534 g/mol. The van der Waals surface area contributed by atoms with E-state index in [1.54, 1.807) is 18.3 Å². The zero-order chi connectivity index (χ0) is 17.0. The highest BCUT2D eigenvalue weighted by atomic mass is 127. The smallest absolute Gasteiger partial charge is 0.244 e. The van der Waals surface area contributed by atoms with Gasteiger partial charge in [-0.1, -0.05) is 23.8 Å². The average Bonchev–Trinajstić information content (AvgIpc) is 2.48. The Morgan fingerprint density at radius 3 is 2.52 bits per heavy atom. The molecule has 0 aliphatic rings. The topological polar surface area (TPSA) is 61.7 Å². The van der Waals surface area contributed by atoms with Gasteiger partial charge in [0, 0.05) is 0 Å². The number of nitrogens with one attached hydrogen (secondary N) is 1. The minimum absolute atomic E-state index is 0.155. The third-order valence-electron chi connectivity index (χ3n) is 3.30. The van der Waals surface area contributed by atoms with Crippen molar-refractivity contribution in [1.82, 2.24) is 5.43 Å². The molecule has 0 atom stereocenters. The van der Waals surface area contributed by atoms with Crippen molar-refractivity contribution in [3.8, 4) is 5.75 Å². The van der Waals surface area contributed by atoms with Gasteiger partial charge in [0.2, 0.25) is 5.91 Å². The second-order valence-corrected chi connectivity index (χ2v) is 7.56. The molecule has 2 N–H and O–H groups in total. The lowest BCUT2D eigenvalue weighted by molar-refractivity contribution is -0.120. The van der Waals surface area contributed by atoms with Crippen molar-refractivity contribution in [2.45, 2.75) is 20.3 Å². The van der Waals surface area contributed by atoms with Crippen LogP contribution in [0.25, 0.3) is 0 Å². The number of amides is 1. The summed E-state index contributed by atoms with van der Waals surface area (Å²) in [5.41, 5.74) is 6.60. The van der Waals surface area contributed by atoms with Crippen LogP contribution < -0.4 is 5.43 Å². The Labute approximate surface area is 162 Å². The summed E-state index contributed by atoms with van der Waals surface area (Å²) in [5.74, 6) is 0.112. The van der Waals surface area contributed by atoms with Gasteiger partial charge in [0.25, 0.3) is 0 Å². The highest BCUT2D eigenvalue weighted by molar-refractivity contribution is 14.1. The van der Waals surface area contributed by atoms with Crippen LogP contribution in [0.5, 0.6) is 5.75 Å². The first-order chi connectivity index (χ1) is 10.9. The molecule has 2 rings (SSSR count). The third kappa shape index (κ3) is 5.17. The fourth-order valence-electron chi connectivity index (χ4n) is 2.04. The molecule has 0 saturated heterocycles. The van der Waals surface area contributed by atoms with Crippen molar-refractivity contribution >= 4 is 57.3 Å². The van der Waals surface area contributed by atoms with E-state index in [0.29, 0.717) is 6.42 Å². The summed E-state index contributed by atoms with van der Waals surface area (Å²) in [4.78, 5) is 12.0. The van der Waals surface area contributed by atoms with E-state index < -0.39 is 0 Å². The molecule has 23 heavy (non-hydrogen) atoms. The van der Waals surface area contributed by atoms with Crippen LogP contribution in [0.15, 0.2) is 35.4 Å². The first-order valence-corrected chi connectivity index (χ1v) is 9.08. The lowest BCUT2D eigenvalue weighted by Crippen LogP contribution is -2.20. The maximum Gasteiger partial charge on any atom is 0.244 e. The Balaban J connectivity index is 2.00. The molecule has 0 aliphatic heterocycles. The van der Waals surface area contributed by atoms with Gasteiger partial charge in [-0.3, -0.25) is 4.79 Å². The van der Waals surface area contributed by atoms with E-state index >= 15 is 0 Å². The van der Waals surface area contributed by atoms with Gasteiger partial charge in [-0.05, 0) is 87.9 Å².